The minimum atomic E-state index is -0.114. The third kappa shape index (κ3) is 2.03. The number of imidazole rings is 1. The zero-order valence-electron chi connectivity index (χ0n) is 11.8. The summed E-state index contributed by atoms with van der Waals surface area (Å²) in [5, 5.41) is 9.64. The maximum Gasteiger partial charge on any atom is 0.143 e. The van der Waals surface area contributed by atoms with E-state index in [1.807, 2.05) is 18.2 Å². The summed E-state index contributed by atoms with van der Waals surface area (Å²) < 4.78 is 2.18. The topological polar surface area (TPSA) is 50.9 Å². The van der Waals surface area contributed by atoms with Gasteiger partial charge in [-0.1, -0.05) is 12.1 Å². The van der Waals surface area contributed by atoms with E-state index in [1.54, 1.807) is 12.3 Å². The van der Waals surface area contributed by atoms with Gasteiger partial charge in [-0.3, -0.25) is 4.98 Å². The summed E-state index contributed by atoms with van der Waals surface area (Å²) in [6.45, 7) is 6.42. The summed E-state index contributed by atoms with van der Waals surface area (Å²) in [5.74, 6) is 0.970. The van der Waals surface area contributed by atoms with E-state index in [2.05, 4.69) is 36.4 Å². The van der Waals surface area contributed by atoms with Crippen molar-refractivity contribution in [2.75, 3.05) is 0 Å². The Labute approximate surface area is 117 Å². The molecule has 4 nitrogen and oxygen atoms in total. The molecule has 0 aliphatic heterocycles. The van der Waals surface area contributed by atoms with E-state index in [-0.39, 0.29) is 11.3 Å². The smallest absolute Gasteiger partial charge is 0.143 e. The molecular weight excluding hydrogens is 250 g/mol. The average Bonchev–Trinajstić information content (AvgIpc) is 2.77. The van der Waals surface area contributed by atoms with Crippen LogP contribution in [0.4, 0.5) is 0 Å². The van der Waals surface area contributed by atoms with Crippen LogP contribution < -0.4 is 0 Å². The lowest BCUT2D eigenvalue weighted by atomic mass is 10.1. The molecule has 0 saturated heterocycles. The van der Waals surface area contributed by atoms with Crippen molar-refractivity contribution < 1.29 is 5.11 Å². The number of para-hydroxylation sites is 2. The van der Waals surface area contributed by atoms with Gasteiger partial charge in [-0.25, -0.2) is 4.98 Å². The van der Waals surface area contributed by atoms with Crippen molar-refractivity contribution in [3.63, 3.8) is 0 Å². The first-order valence-electron chi connectivity index (χ1n) is 6.59. The molecule has 20 heavy (non-hydrogen) atoms. The quantitative estimate of drug-likeness (QED) is 0.733. The second kappa shape index (κ2) is 4.34. The molecule has 102 valence electrons. The van der Waals surface area contributed by atoms with E-state index in [1.165, 1.54) is 6.20 Å². The lowest BCUT2D eigenvalue weighted by Crippen LogP contribution is -2.22. The molecular formula is C16H17N3O. The Morgan fingerprint density at radius 1 is 1.10 bits per heavy atom. The van der Waals surface area contributed by atoms with E-state index in [9.17, 15) is 5.11 Å². The predicted octanol–water partition coefficient (Wildman–Crippen LogP) is 3.56. The molecule has 2 heterocycles. The maximum atomic E-state index is 9.64. The zero-order valence-corrected chi connectivity index (χ0v) is 11.8. The number of fused-ring (bicyclic) bond motifs is 1. The fourth-order valence-corrected chi connectivity index (χ4v) is 2.45. The molecule has 0 saturated carbocycles. The molecule has 0 aliphatic carbocycles. The van der Waals surface area contributed by atoms with Crippen LogP contribution in [0.25, 0.3) is 22.4 Å². The van der Waals surface area contributed by atoms with Crippen LogP contribution in [0.1, 0.15) is 20.8 Å². The molecule has 1 N–H and O–H groups in total. The number of pyridine rings is 1. The van der Waals surface area contributed by atoms with Crippen LogP contribution in [0.15, 0.2) is 42.7 Å². The van der Waals surface area contributed by atoms with Crippen molar-refractivity contribution in [2.24, 2.45) is 0 Å². The number of nitrogens with zero attached hydrogens (tertiary/aromatic N) is 3. The molecule has 2 aromatic heterocycles. The van der Waals surface area contributed by atoms with Crippen molar-refractivity contribution >= 4 is 11.0 Å². The van der Waals surface area contributed by atoms with Crippen LogP contribution in [0, 0.1) is 0 Å². The molecule has 0 spiro atoms. The normalized spacial score (nSPS) is 11.9. The van der Waals surface area contributed by atoms with Gasteiger partial charge in [0.15, 0.2) is 0 Å². The van der Waals surface area contributed by atoms with E-state index < -0.39 is 0 Å². The van der Waals surface area contributed by atoms with E-state index >= 15 is 0 Å². The monoisotopic (exact) mass is 267 g/mol. The number of benzene rings is 1. The van der Waals surface area contributed by atoms with E-state index in [0.29, 0.717) is 0 Å². The number of hydrogen-bond donors (Lipinski definition) is 1. The van der Waals surface area contributed by atoms with Gasteiger partial charge >= 0.3 is 0 Å². The molecule has 0 aliphatic rings. The molecule has 3 aromatic rings. The SMILES string of the molecule is CC(C)(C)n1c(-c2cncc(O)c2)nc2ccccc21. The molecule has 0 radical (unpaired) electrons. The molecule has 0 unspecified atom stereocenters. The van der Waals surface area contributed by atoms with Gasteiger partial charge in [0, 0.05) is 17.3 Å². The number of aromatic hydroxyl groups is 1. The van der Waals surface area contributed by atoms with Gasteiger partial charge in [-0.2, -0.15) is 0 Å². The highest BCUT2D eigenvalue weighted by Gasteiger charge is 2.22. The number of rotatable bonds is 1. The third-order valence-electron chi connectivity index (χ3n) is 3.21. The predicted molar refractivity (Wildman–Crippen MR) is 79.6 cm³/mol. The molecule has 4 heteroatoms. The summed E-state index contributed by atoms with van der Waals surface area (Å²) in [7, 11) is 0. The fraction of sp³-hybridized carbons (Fsp3) is 0.250. The second-order valence-corrected chi connectivity index (χ2v) is 5.86. The van der Waals surface area contributed by atoms with Gasteiger partial charge in [0.1, 0.15) is 11.6 Å². The van der Waals surface area contributed by atoms with Crippen molar-refractivity contribution in [2.45, 2.75) is 26.3 Å². The Balaban J connectivity index is 2.35. The van der Waals surface area contributed by atoms with Gasteiger partial charge < -0.3 is 9.67 Å². The van der Waals surface area contributed by atoms with Crippen LogP contribution in [0.3, 0.4) is 0 Å². The van der Waals surface area contributed by atoms with Crippen LogP contribution in [-0.4, -0.2) is 19.6 Å². The van der Waals surface area contributed by atoms with Crippen LogP contribution in [0.5, 0.6) is 5.75 Å². The van der Waals surface area contributed by atoms with E-state index in [0.717, 1.165) is 22.4 Å². The Bertz CT molecular complexity index is 769. The Hall–Kier alpha value is -2.36. The summed E-state index contributed by atoms with van der Waals surface area (Å²) in [5.41, 5.74) is 2.73. The number of aromatic nitrogens is 3. The highest BCUT2D eigenvalue weighted by atomic mass is 16.3. The lowest BCUT2D eigenvalue weighted by Gasteiger charge is -2.24. The Kier molecular flexibility index (Phi) is 2.74. The molecule has 3 rings (SSSR count). The van der Waals surface area contributed by atoms with Crippen LogP contribution in [0.2, 0.25) is 0 Å². The minimum Gasteiger partial charge on any atom is -0.506 e. The summed E-state index contributed by atoms with van der Waals surface area (Å²) in [6, 6.07) is 9.74. The Morgan fingerprint density at radius 2 is 1.85 bits per heavy atom. The van der Waals surface area contributed by atoms with Gasteiger partial charge in [0.25, 0.3) is 0 Å². The van der Waals surface area contributed by atoms with Gasteiger partial charge in [0.05, 0.1) is 17.2 Å². The molecule has 0 bridgehead atoms. The first-order chi connectivity index (χ1) is 9.47. The third-order valence-corrected chi connectivity index (χ3v) is 3.21. The molecule has 1 aromatic carbocycles. The first kappa shape index (κ1) is 12.7. The number of hydrogen-bond acceptors (Lipinski definition) is 3. The van der Waals surface area contributed by atoms with Gasteiger partial charge in [0.2, 0.25) is 0 Å². The molecule has 0 atom stereocenters. The minimum absolute atomic E-state index is 0.114. The van der Waals surface area contributed by atoms with Crippen molar-refractivity contribution in [3.05, 3.63) is 42.7 Å². The van der Waals surface area contributed by atoms with Gasteiger partial charge in [-0.15, -0.1) is 0 Å². The van der Waals surface area contributed by atoms with Crippen LogP contribution >= 0.6 is 0 Å². The second-order valence-electron chi connectivity index (χ2n) is 5.86. The highest BCUT2D eigenvalue weighted by molar-refractivity contribution is 5.81. The summed E-state index contributed by atoms with van der Waals surface area (Å²) in [4.78, 5) is 8.75. The average molecular weight is 267 g/mol. The van der Waals surface area contributed by atoms with Crippen LogP contribution in [-0.2, 0) is 5.54 Å². The van der Waals surface area contributed by atoms with Crippen molar-refractivity contribution in [3.8, 4) is 17.1 Å². The van der Waals surface area contributed by atoms with Crippen molar-refractivity contribution in [1.29, 1.82) is 0 Å². The van der Waals surface area contributed by atoms with Crippen molar-refractivity contribution in [1.82, 2.24) is 14.5 Å². The zero-order chi connectivity index (χ0) is 14.3. The summed E-state index contributed by atoms with van der Waals surface area (Å²) in [6.07, 6.45) is 3.15. The molecule has 0 fully saturated rings. The first-order valence-corrected chi connectivity index (χ1v) is 6.59. The van der Waals surface area contributed by atoms with Gasteiger partial charge in [-0.05, 0) is 39.0 Å². The molecule has 0 amide bonds. The summed E-state index contributed by atoms with van der Waals surface area (Å²) >= 11 is 0. The maximum absolute atomic E-state index is 9.64. The Morgan fingerprint density at radius 3 is 2.55 bits per heavy atom. The lowest BCUT2D eigenvalue weighted by molar-refractivity contribution is 0.412. The van der Waals surface area contributed by atoms with E-state index in [4.69, 9.17) is 4.98 Å². The fourth-order valence-electron chi connectivity index (χ4n) is 2.45. The standard InChI is InChI=1S/C16H17N3O/c1-16(2,3)19-14-7-5-4-6-13(14)18-15(19)11-8-12(20)10-17-9-11/h4-10,20H,1-3H3. The highest BCUT2D eigenvalue weighted by Crippen LogP contribution is 2.31. The largest absolute Gasteiger partial charge is 0.506 e.